The highest BCUT2D eigenvalue weighted by molar-refractivity contribution is 5.94. The molecule has 0 spiro atoms. The van der Waals surface area contributed by atoms with Crippen LogP contribution in [0.3, 0.4) is 0 Å². The normalized spacial score (nSPS) is 13.4. The second-order valence-electron chi connectivity index (χ2n) is 6.72. The highest BCUT2D eigenvalue weighted by Gasteiger charge is 2.28. The SMILES string of the molecule is NC(=O)CCC(NC(=O)C(N)Cc1ccccc1)C(=O)NC(CO)C(=O)NCC(=O)O. The van der Waals surface area contributed by atoms with Crippen molar-refractivity contribution in [3.63, 3.8) is 0 Å². The molecule has 1 aromatic carbocycles. The lowest BCUT2D eigenvalue weighted by molar-refractivity contribution is -0.139. The molecular formula is C19H27N5O7. The van der Waals surface area contributed by atoms with Crippen LogP contribution in [-0.2, 0) is 30.4 Å². The molecule has 3 unspecified atom stereocenters. The van der Waals surface area contributed by atoms with Crippen LogP contribution in [-0.4, -0.2) is 71.1 Å². The Hall–Kier alpha value is -3.51. The molecule has 12 heteroatoms. The number of aliphatic hydroxyl groups is 1. The molecule has 0 saturated heterocycles. The summed E-state index contributed by atoms with van der Waals surface area (Å²) in [6, 6.07) is 5.24. The van der Waals surface area contributed by atoms with Gasteiger partial charge in [0.2, 0.25) is 23.6 Å². The molecule has 170 valence electrons. The minimum absolute atomic E-state index is 0.167. The molecule has 0 bridgehead atoms. The van der Waals surface area contributed by atoms with E-state index in [0.29, 0.717) is 0 Å². The van der Waals surface area contributed by atoms with E-state index in [1.807, 2.05) is 11.4 Å². The lowest BCUT2D eigenvalue weighted by atomic mass is 10.0. The fourth-order valence-electron chi connectivity index (χ4n) is 2.55. The van der Waals surface area contributed by atoms with Gasteiger partial charge in [0.25, 0.3) is 0 Å². The summed E-state index contributed by atoms with van der Waals surface area (Å²) in [6.45, 7) is -1.53. The predicted octanol–water partition coefficient (Wildman–Crippen LogP) is -3.02. The minimum Gasteiger partial charge on any atom is -0.480 e. The average Bonchev–Trinajstić information content (AvgIpc) is 2.73. The number of hydrogen-bond donors (Lipinski definition) is 7. The third kappa shape index (κ3) is 9.69. The second kappa shape index (κ2) is 12.9. The molecule has 0 aliphatic rings. The van der Waals surface area contributed by atoms with Crippen molar-refractivity contribution >= 4 is 29.6 Å². The van der Waals surface area contributed by atoms with Gasteiger partial charge in [0.05, 0.1) is 12.6 Å². The summed E-state index contributed by atoms with van der Waals surface area (Å²) in [5.74, 6) is -4.48. The smallest absolute Gasteiger partial charge is 0.322 e. The van der Waals surface area contributed by atoms with Crippen LogP contribution in [0.2, 0.25) is 0 Å². The van der Waals surface area contributed by atoms with Gasteiger partial charge in [-0.2, -0.15) is 0 Å². The maximum atomic E-state index is 12.6. The largest absolute Gasteiger partial charge is 0.480 e. The molecule has 0 aliphatic carbocycles. The number of carbonyl (C=O) groups is 5. The van der Waals surface area contributed by atoms with Gasteiger partial charge in [0.15, 0.2) is 0 Å². The topological polar surface area (TPSA) is 214 Å². The summed E-state index contributed by atoms with van der Waals surface area (Å²) in [5, 5.41) is 24.6. The number of nitrogens with one attached hydrogen (secondary N) is 3. The number of benzene rings is 1. The van der Waals surface area contributed by atoms with Crippen molar-refractivity contribution < 1.29 is 34.2 Å². The van der Waals surface area contributed by atoms with Gasteiger partial charge in [-0.3, -0.25) is 24.0 Å². The Labute approximate surface area is 178 Å². The first-order valence-corrected chi connectivity index (χ1v) is 9.43. The van der Waals surface area contributed by atoms with Crippen molar-refractivity contribution in [3.05, 3.63) is 35.9 Å². The van der Waals surface area contributed by atoms with Gasteiger partial charge < -0.3 is 37.6 Å². The van der Waals surface area contributed by atoms with E-state index >= 15 is 0 Å². The van der Waals surface area contributed by atoms with Gasteiger partial charge in [-0.05, 0) is 18.4 Å². The van der Waals surface area contributed by atoms with Gasteiger partial charge in [0.1, 0.15) is 18.6 Å². The zero-order valence-corrected chi connectivity index (χ0v) is 16.7. The van der Waals surface area contributed by atoms with Crippen LogP contribution in [0.4, 0.5) is 0 Å². The number of nitrogens with two attached hydrogens (primary N) is 2. The van der Waals surface area contributed by atoms with Crippen molar-refractivity contribution in [3.8, 4) is 0 Å². The average molecular weight is 437 g/mol. The van der Waals surface area contributed by atoms with Gasteiger partial charge in [-0.25, -0.2) is 0 Å². The Kier molecular flexibility index (Phi) is 10.6. The quantitative estimate of drug-likeness (QED) is 0.168. The van der Waals surface area contributed by atoms with Crippen LogP contribution < -0.4 is 27.4 Å². The molecule has 3 atom stereocenters. The molecule has 0 saturated carbocycles. The fraction of sp³-hybridized carbons (Fsp3) is 0.421. The van der Waals surface area contributed by atoms with Gasteiger partial charge >= 0.3 is 5.97 Å². The first-order chi connectivity index (χ1) is 14.6. The van der Waals surface area contributed by atoms with E-state index in [4.69, 9.17) is 16.6 Å². The van der Waals surface area contributed by atoms with E-state index in [0.717, 1.165) is 5.56 Å². The Morgan fingerprint density at radius 1 is 0.935 bits per heavy atom. The van der Waals surface area contributed by atoms with Crippen molar-refractivity contribution in [1.82, 2.24) is 16.0 Å². The highest BCUT2D eigenvalue weighted by Crippen LogP contribution is 2.04. The lowest BCUT2D eigenvalue weighted by Crippen LogP contribution is -2.57. The number of aliphatic hydroxyl groups excluding tert-OH is 1. The maximum absolute atomic E-state index is 12.6. The van der Waals surface area contributed by atoms with E-state index in [1.54, 1.807) is 24.3 Å². The summed E-state index contributed by atoms with van der Waals surface area (Å²) in [4.78, 5) is 58.6. The molecule has 0 radical (unpaired) electrons. The number of carbonyl (C=O) groups excluding carboxylic acids is 4. The Balaban J connectivity index is 2.79. The summed E-state index contributed by atoms with van der Waals surface area (Å²) < 4.78 is 0. The van der Waals surface area contributed by atoms with Gasteiger partial charge in [-0.15, -0.1) is 0 Å². The van der Waals surface area contributed by atoms with Gasteiger partial charge in [0, 0.05) is 6.42 Å². The van der Waals surface area contributed by atoms with Crippen LogP contribution in [0.1, 0.15) is 18.4 Å². The molecule has 0 fully saturated rings. The van der Waals surface area contributed by atoms with E-state index in [1.165, 1.54) is 0 Å². The molecule has 0 aliphatic heterocycles. The molecule has 0 heterocycles. The van der Waals surface area contributed by atoms with E-state index < -0.39 is 60.9 Å². The van der Waals surface area contributed by atoms with E-state index in [2.05, 4.69) is 10.6 Å². The van der Waals surface area contributed by atoms with Crippen molar-refractivity contribution in [1.29, 1.82) is 0 Å². The predicted molar refractivity (Wildman–Crippen MR) is 108 cm³/mol. The maximum Gasteiger partial charge on any atom is 0.322 e. The van der Waals surface area contributed by atoms with Crippen LogP contribution in [0.5, 0.6) is 0 Å². The van der Waals surface area contributed by atoms with E-state index in [9.17, 15) is 29.1 Å². The Bertz CT molecular complexity index is 787. The molecule has 4 amide bonds. The Morgan fingerprint density at radius 2 is 1.55 bits per heavy atom. The van der Waals surface area contributed by atoms with Crippen LogP contribution >= 0.6 is 0 Å². The highest BCUT2D eigenvalue weighted by atomic mass is 16.4. The number of carboxylic acid groups (broad SMARTS) is 1. The Morgan fingerprint density at radius 3 is 2.10 bits per heavy atom. The van der Waals surface area contributed by atoms with Crippen LogP contribution in [0, 0.1) is 0 Å². The third-order valence-electron chi connectivity index (χ3n) is 4.18. The number of amides is 4. The zero-order valence-electron chi connectivity index (χ0n) is 16.7. The summed E-state index contributed by atoms with van der Waals surface area (Å²) >= 11 is 0. The molecule has 9 N–H and O–H groups in total. The van der Waals surface area contributed by atoms with Crippen molar-refractivity contribution in [2.75, 3.05) is 13.2 Å². The minimum atomic E-state index is -1.46. The molecule has 1 rings (SSSR count). The van der Waals surface area contributed by atoms with Crippen LogP contribution in [0.15, 0.2) is 30.3 Å². The summed E-state index contributed by atoms with van der Waals surface area (Å²) in [7, 11) is 0. The first kappa shape index (κ1) is 25.5. The zero-order chi connectivity index (χ0) is 23.4. The molecule has 0 aromatic heterocycles. The second-order valence-corrected chi connectivity index (χ2v) is 6.72. The monoisotopic (exact) mass is 437 g/mol. The molecular weight excluding hydrogens is 410 g/mol. The molecule has 1 aromatic rings. The number of hydrogen-bond acceptors (Lipinski definition) is 7. The third-order valence-corrected chi connectivity index (χ3v) is 4.18. The summed E-state index contributed by atoms with van der Waals surface area (Å²) in [6.07, 6.45) is -0.200. The summed E-state index contributed by atoms with van der Waals surface area (Å²) in [5.41, 5.74) is 11.8. The number of rotatable bonds is 13. The standard InChI is InChI=1S/C19H27N5O7/c20-12(8-11-4-2-1-3-5-11)17(29)23-13(6-7-15(21)26)19(31)24-14(10-25)18(30)22-9-16(27)28/h1-5,12-14,25H,6-10,20H2,(H2,21,26)(H,22,30)(H,23,29)(H,24,31)(H,27,28). The number of aliphatic carboxylic acids is 1. The van der Waals surface area contributed by atoms with Crippen molar-refractivity contribution in [2.45, 2.75) is 37.4 Å². The fourth-order valence-corrected chi connectivity index (χ4v) is 2.55. The van der Waals surface area contributed by atoms with E-state index in [-0.39, 0.29) is 19.3 Å². The lowest BCUT2D eigenvalue weighted by Gasteiger charge is -2.23. The van der Waals surface area contributed by atoms with Gasteiger partial charge in [-0.1, -0.05) is 30.3 Å². The van der Waals surface area contributed by atoms with Crippen LogP contribution in [0.25, 0.3) is 0 Å². The number of primary amides is 1. The first-order valence-electron chi connectivity index (χ1n) is 9.43. The molecule has 31 heavy (non-hydrogen) atoms. The molecule has 12 nitrogen and oxygen atoms in total. The number of carboxylic acids is 1. The van der Waals surface area contributed by atoms with Crippen molar-refractivity contribution in [2.24, 2.45) is 11.5 Å².